The summed E-state index contributed by atoms with van der Waals surface area (Å²) in [5, 5.41) is 18.0. The van der Waals surface area contributed by atoms with Crippen LogP contribution in [0, 0.1) is 0 Å². The average Bonchev–Trinajstić information content (AvgIpc) is 2.84. The molecule has 8 heteroatoms. The molecule has 0 saturated carbocycles. The minimum absolute atomic E-state index is 0.00422. The second kappa shape index (κ2) is 10.6. The number of fused-ring (bicyclic) bond motifs is 1. The van der Waals surface area contributed by atoms with Gasteiger partial charge in [-0.25, -0.2) is 0 Å². The van der Waals surface area contributed by atoms with E-state index in [0.29, 0.717) is 12.1 Å². The van der Waals surface area contributed by atoms with E-state index in [-0.39, 0.29) is 23.9 Å². The van der Waals surface area contributed by atoms with Crippen LogP contribution in [0.4, 0.5) is 22.7 Å². The Bertz CT molecular complexity index is 1290. The Morgan fingerprint density at radius 3 is 2.25 bits per heavy atom. The van der Waals surface area contributed by atoms with Crippen LogP contribution in [0.5, 0.6) is 0 Å². The van der Waals surface area contributed by atoms with Crippen molar-refractivity contribution in [3.63, 3.8) is 0 Å². The van der Waals surface area contributed by atoms with Crippen LogP contribution in [-0.2, 0) is 14.4 Å². The van der Waals surface area contributed by atoms with Crippen LogP contribution in [-0.4, -0.2) is 35.5 Å². The zero-order valence-corrected chi connectivity index (χ0v) is 20.5. The molecule has 0 spiro atoms. The highest BCUT2D eigenvalue weighted by molar-refractivity contribution is 5.95. The largest absolute Gasteiger partial charge is 0.387 e. The first-order chi connectivity index (χ1) is 17.2. The summed E-state index contributed by atoms with van der Waals surface area (Å²) in [5.74, 6) is -0.605. The first-order valence-corrected chi connectivity index (χ1v) is 11.8. The number of hydrogen-bond acceptors (Lipinski definition) is 5. The highest BCUT2D eigenvalue weighted by Crippen LogP contribution is 2.41. The number of aliphatic hydroxyl groups is 1. The van der Waals surface area contributed by atoms with E-state index < -0.39 is 12.5 Å². The van der Waals surface area contributed by atoms with Crippen molar-refractivity contribution >= 4 is 40.5 Å². The first kappa shape index (κ1) is 24.9. The van der Waals surface area contributed by atoms with Gasteiger partial charge in [-0.3, -0.25) is 14.4 Å². The second-order valence-corrected chi connectivity index (χ2v) is 8.99. The Kier molecular flexibility index (Phi) is 7.36. The van der Waals surface area contributed by atoms with E-state index >= 15 is 0 Å². The molecule has 3 aromatic rings. The van der Waals surface area contributed by atoms with Gasteiger partial charge in [-0.15, -0.1) is 0 Å². The van der Waals surface area contributed by atoms with Crippen molar-refractivity contribution in [3.05, 3.63) is 72.3 Å². The summed E-state index contributed by atoms with van der Waals surface area (Å²) in [6.45, 7) is 4.53. The van der Waals surface area contributed by atoms with Crippen molar-refractivity contribution in [2.24, 2.45) is 0 Å². The quantitative estimate of drug-likeness (QED) is 0.409. The monoisotopic (exact) mass is 486 g/mol. The van der Waals surface area contributed by atoms with Gasteiger partial charge >= 0.3 is 0 Å². The predicted octanol–water partition coefficient (Wildman–Crippen LogP) is 4.54. The highest BCUT2D eigenvalue weighted by Gasteiger charge is 2.32. The van der Waals surface area contributed by atoms with Crippen molar-refractivity contribution in [2.45, 2.75) is 39.3 Å². The molecule has 0 radical (unpaired) electrons. The molecule has 1 aliphatic rings. The fraction of sp³-hybridized carbons (Fsp3) is 0.250. The van der Waals surface area contributed by atoms with E-state index in [1.54, 1.807) is 19.1 Å². The molecule has 186 valence electrons. The topological polar surface area (TPSA) is 111 Å². The third-order valence-corrected chi connectivity index (χ3v) is 6.19. The number of carbonyl (C=O) groups is 3. The summed E-state index contributed by atoms with van der Waals surface area (Å²) < 4.78 is 0. The van der Waals surface area contributed by atoms with Crippen LogP contribution < -0.4 is 20.9 Å². The first-order valence-electron chi connectivity index (χ1n) is 11.8. The third kappa shape index (κ3) is 5.55. The van der Waals surface area contributed by atoms with Crippen LogP contribution >= 0.6 is 0 Å². The van der Waals surface area contributed by atoms with Gasteiger partial charge in [0, 0.05) is 42.6 Å². The van der Waals surface area contributed by atoms with Crippen LogP contribution in [0.2, 0.25) is 0 Å². The standard InChI is InChI=1S/C28H30N4O4/c1-17-13-26(30-22-8-10-23(11-9-22)31-28(36)16-33)25-15-21(7-12-27(25)32(17)19(3)35)20-5-4-6-24(14-20)29-18(2)34/h4-12,14-15,17,26,30,33H,13,16H2,1-3H3,(H,29,34)(H,31,36)/t17-,26+/m0/s1. The van der Waals surface area contributed by atoms with Crippen LogP contribution in [0.25, 0.3) is 11.1 Å². The molecule has 2 atom stereocenters. The van der Waals surface area contributed by atoms with E-state index in [9.17, 15) is 14.4 Å². The van der Waals surface area contributed by atoms with Gasteiger partial charge in [-0.1, -0.05) is 18.2 Å². The molecule has 0 fully saturated rings. The fourth-order valence-corrected chi connectivity index (χ4v) is 4.69. The summed E-state index contributed by atoms with van der Waals surface area (Å²) in [6.07, 6.45) is 0.713. The minimum atomic E-state index is -0.570. The summed E-state index contributed by atoms with van der Waals surface area (Å²) >= 11 is 0. The Labute approximate surface area is 210 Å². The van der Waals surface area contributed by atoms with E-state index in [1.807, 2.05) is 60.4 Å². The average molecular weight is 487 g/mol. The van der Waals surface area contributed by atoms with Crippen molar-refractivity contribution in [2.75, 3.05) is 27.5 Å². The number of benzene rings is 3. The number of nitrogens with zero attached hydrogens (tertiary/aromatic N) is 1. The van der Waals surface area contributed by atoms with Crippen LogP contribution in [0.3, 0.4) is 0 Å². The van der Waals surface area contributed by atoms with Gasteiger partial charge in [0.15, 0.2) is 0 Å². The number of carbonyl (C=O) groups excluding carboxylic acids is 3. The molecule has 1 aliphatic heterocycles. The van der Waals surface area contributed by atoms with Gasteiger partial charge in [0.2, 0.25) is 17.7 Å². The van der Waals surface area contributed by atoms with Gasteiger partial charge in [-0.2, -0.15) is 0 Å². The highest BCUT2D eigenvalue weighted by atomic mass is 16.3. The maximum Gasteiger partial charge on any atom is 0.250 e. The minimum Gasteiger partial charge on any atom is -0.387 e. The van der Waals surface area contributed by atoms with Crippen molar-refractivity contribution < 1.29 is 19.5 Å². The second-order valence-electron chi connectivity index (χ2n) is 8.99. The molecule has 0 bridgehead atoms. The lowest BCUT2D eigenvalue weighted by atomic mass is 9.88. The molecule has 36 heavy (non-hydrogen) atoms. The Hall–Kier alpha value is -4.17. The van der Waals surface area contributed by atoms with E-state index in [0.717, 1.165) is 33.8 Å². The smallest absolute Gasteiger partial charge is 0.250 e. The number of nitrogens with one attached hydrogen (secondary N) is 3. The zero-order chi connectivity index (χ0) is 25.8. The number of rotatable bonds is 6. The van der Waals surface area contributed by atoms with E-state index in [4.69, 9.17) is 5.11 Å². The third-order valence-electron chi connectivity index (χ3n) is 6.19. The molecular weight excluding hydrogens is 456 g/mol. The van der Waals surface area contributed by atoms with E-state index in [1.165, 1.54) is 6.92 Å². The molecule has 4 N–H and O–H groups in total. The van der Waals surface area contributed by atoms with Gasteiger partial charge in [0.1, 0.15) is 6.61 Å². The molecule has 0 saturated heterocycles. The van der Waals surface area contributed by atoms with Crippen molar-refractivity contribution in [3.8, 4) is 11.1 Å². The van der Waals surface area contributed by atoms with Gasteiger partial charge in [-0.05, 0) is 78.6 Å². The summed E-state index contributed by atoms with van der Waals surface area (Å²) in [6, 6.07) is 21.0. The fourth-order valence-electron chi connectivity index (χ4n) is 4.69. The molecule has 0 aliphatic carbocycles. The Morgan fingerprint density at radius 1 is 0.889 bits per heavy atom. The SMILES string of the molecule is CC(=O)Nc1cccc(-c2ccc3c(c2)[C@H](Nc2ccc(NC(=O)CO)cc2)C[C@H](C)N3C(C)=O)c1. The molecule has 3 amide bonds. The summed E-state index contributed by atoms with van der Waals surface area (Å²) in [4.78, 5) is 37.3. The van der Waals surface area contributed by atoms with Crippen LogP contribution in [0.15, 0.2) is 66.7 Å². The Morgan fingerprint density at radius 2 is 1.58 bits per heavy atom. The molecule has 8 nitrogen and oxygen atoms in total. The van der Waals surface area contributed by atoms with Crippen molar-refractivity contribution in [1.82, 2.24) is 0 Å². The predicted molar refractivity (Wildman–Crippen MR) is 142 cm³/mol. The lowest BCUT2D eigenvalue weighted by Gasteiger charge is -2.39. The lowest BCUT2D eigenvalue weighted by Crippen LogP contribution is -2.43. The zero-order valence-electron chi connectivity index (χ0n) is 20.5. The molecule has 0 unspecified atom stereocenters. The molecule has 3 aromatic carbocycles. The summed E-state index contributed by atoms with van der Waals surface area (Å²) in [5.41, 5.74) is 6.00. The molecule has 4 rings (SSSR count). The number of hydrogen-bond donors (Lipinski definition) is 4. The number of anilines is 4. The van der Waals surface area contributed by atoms with Crippen LogP contribution in [0.1, 0.15) is 38.8 Å². The number of aliphatic hydroxyl groups excluding tert-OH is 1. The Balaban J connectivity index is 1.68. The molecular formula is C28H30N4O4. The number of amides is 3. The van der Waals surface area contributed by atoms with Gasteiger partial charge < -0.3 is 26.0 Å². The molecule has 0 aromatic heterocycles. The maximum atomic E-state index is 12.5. The normalized spacial score (nSPS) is 16.6. The van der Waals surface area contributed by atoms with Gasteiger partial charge in [0.25, 0.3) is 0 Å². The maximum absolute atomic E-state index is 12.5. The van der Waals surface area contributed by atoms with Gasteiger partial charge in [0.05, 0.1) is 6.04 Å². The lowest BCUT2D eigenvalue weighted by molar-refractivity contribution is -0.119. The summed E-state index contributed by atoms with van der Waals surface area (Å²) in [7, 11) is 0. The van der Waals surface area contributed by atoms with Crippen molar-refractivity contribution in [1.29, 1.82) is 0 Å². The van der Waals surface area contributed by atoms with E-state index in [2.05, 4.69) is 22.0 Å². The molecule has 1 heterocycles.